The van der Waals surface area contributed by atoms with Crippen LogP contribution in [0.25, 0.3) is 0 Å². The Morgan fingerprint density at radius 2 is 2.07 bits per heavy atom. The van der Waals surface area contributed by atoms with Crippen LogP contribution in [0, 0.1) is 6.20 Å². The van der Waals surface area contributed by atoms with Gasteiger partial charge in [0.25, 0.3) is 0 Å². The summed E-state index contributed by atoms with van der Waals surface area (Å²) in [6.07, 6.45) is -0.240. The average Bonchev–Trinajstić information content (AvgIpc) is 1.96. The Labute approximate surface area is 117 Å². The molecule has 0 amide bonds. The maximum absolute atomic E-state index is 12.1. The number of nitrogens with zero attached hydrogens (tertiary/aromatic N) is 1. The second-order valence-corrected chi connectivity index (χ2v) is 3.34. The fraction of sp³-hybridized carbons (Fsp3) is 0.333. The molecule has 81 valence electrons. The molecule has 0 bridgehead atoms. The van der Waals surface area contributed by atoms with Crippen LogP contribution in [0.15, 0.2) is 29.0 Å². The predicted octanol–water partition coefficient (Wildman–Crippen LogP) is 3.21. The number of hydrogen-bond donors (Lipinski definition) is 0. The van der Waals surface area contributed by atoms with Gasteiger partial charge in [0.2, 0.25) is 0 Å². The Morgan fingerprint density at radius 3 is 2.53 bits per heavy atom. The smallest absolute Gasteiger partial charge is 0.404 e. The van der Waals surface area contributed by atoms with Gasteiger partial charge in [0.15, 0.2) is 0 Å². The third kappa shape index (κ3) is 4.71. The zero-order valence-corrected chi connectivity index (χ0v) is 11.6. The molecule has 0 N–H and O–H groups in total. The van der Waals surface area contributed by atoms with Crippen LogP contribution < -0.4 is 0 Å². The first-order chi connectivity index (χ1) is 6.29. The van der Waals surface area contributed by atoms with Crippen LogP contribution in [0.4, 0.5) is 13.2 Å². The fourth-order valence-electron chi connectivity index (χ4n) is 1.03. The summed E-state index contributed by atoms with van der Waals surface area (Å²) >= 11 is 5.68. The molecule has 0 fully saturated rings. The molecule has 0 aliphatic carbocycles. The van der Waals surface area contributed by atoms with Gasteiger partial charge in [0.1, 0.15) is 0 Å². The number of hydrogen-bond acceptors (Lipinski definition) is 1. The maximum Gasteiger partial charge on any atom is 0.404 e. The van der Waals surface area contributed by atoms with Gasteiger partial charge in [-0.15, -0.1) is 29.8 Å². The quantitative estimate of drug-likeness (QED) is 0.672. The number of allylic oxidation sites excluding steroid dienone is 3. The molecule has 0 saturated heterocycles. The Kier molecular flexibility index (Phi) is 5.58. The van der Waals surface area contributed by atoms with Crippen LogP contribution in [0.2, 0.25) is 0 Å². The molecule has 0 spiro atoms. The van der Waals surface area contributed by atoms with E-state index in [9.17, 15) is 13.2 Å². The second-order valence-electron chi connectivity index (χ2n) is 2.94. The second kappa shape index (κ2) is 5.51. The normalized spacial score (nSPS) is 16.9. The van der Waals surface area contributed by atoms with Crippen molar-refractivity contribution < 1.29 is 45.9 Å². The molecule has 0 atom stereocenters. The molecule has 1 radical (unpaired) electrons. The van der Waals surface area contributed by atoms with Crippen molar-refractivity contribution in [2.24, 2.45) is 0 Å². The number of rotatable bonds is 1. The minimum atomic E-state index is -4.29. The van der Waals surface area contributed by atoms with Crippen molar-refractivity contribution in [1.82, 2.24) is 4.90 Å². The average molecular weight is 312 g/mol. The Balaban J connectivity index is 0.00000196. The largest absolute Gasteiger partial charge is 0.447 e. The van der Waals surface area contributed by atoms with Crippen molar-refractivity contribution >= 4 is 11.6 Å². The third-order valence-electron chi connectivity index (χ3n) is 1.59. The van der Waals surface area contributed by atoms with Crippen molar-refractivity contribution in [2.75, 3.05) is 6.54 Å². The van der Waals surface area contributed by atoms with E-state index < -0.39 is 12.7 Å². The summed E-state index contributed by atoms with van der Waals surface area (Å²) in [5, 5.41) is 0.213. The van der Waals surface area contributed by atoms with Crippen LogP contribution in [-0.2, 0) is 32.7 Å². The van der Waals surface area contributed by atoms with E-state index in [1.54, 1.807) is 6.92 Å². The van der Waals surface area contributed by atoms with Crippen molar-refractivity contribution in [3.63, 3.8) is 0 Å². The Morgan fingerprint density at radius 1 is 1.53 bits per heavy atom. The number of halogens is 4. The van der Waals surface area contributed by atoms with E-state index in [1.165, 1.54) is 6.08 Å². The van der Waals surface area contributed by atoms with Gasteiger partial charge in [-0.3, -0.25) is 0 Å². The maximum atomic E-state index is 12.1. The SMILES string of the molecule is C=C1C(Cl)=CC(C)=[C-]N1CC(F)(F)F.[Y]. The monoisotopic (exact) mass is 311 g/mol. The van der Waals surface area contributed by atoms with E-state index in [0.717, 1.165) is 4.90 Å². The van der Waals surface area contributed by atoms with Crippen molar-refractivity contribution in [1.29, 1.82) is 0 Å². The van der Waals surface area contributed by atoms with Gasteiger partial charge in [0, 0.05) is 32.7 Å². The fourth-order valence-corrected chi connectivity index (χ4v) is 1.29. The minimum Gasteiger partial charge on any atom is -0.447 e. The van der Waals surface area contributed by atoms with Crippen LogP contribution >= 0.6 is 11.6 Å². The van der Waals surface area contributed by atoms with Gasteiger partial charge < -0.3 is 4.90 Å². The van der Waals surface area contributed by atoms with E-state index >= 15 is 0 Å². The summed E-state index contributed by atoms with van der Waals surface area (Å²) in [4.78, 5) is 0.873. The van der Waals surface area contributed by atoms with E-state index in [1.807, 2.05) is 0 Å². The van der Waals surface area contributed by atoms with E-state index in [4.69, 9.17) is 11.6 Å². The van der Waals surface area contributed by atoms with Crippen molar-refractivity contribution in [3.8, 4) is 0 Å². The zero-order chi connectivity index (χ0) is 10.9. The van der Waals surface area contributed by atoms with Crippen LogP contribution in [-0.4, -0.2) is 17.6 Å². The van der Waals surface area contributed by atoms with Gasteiger partial charge in [-0.25, -0.2) is 0 Å². The summed E-state index contributed by atoms with van der Waals surface area (Å²) in [5.41, 5.74) is 0.668. The summed E-state index contributed by atoms with van der Waals surface area (Å²) in [6, 6.07) is 0. The van der Waals surface area contributed by atoms with Crippen molar-refractivity contribution in [2.45, 2.75) is 13.1 Å². The molecule has 1 rings (SSSR count). The molecule has 1 aliphatic rings. The zero-order valence-electron chi connectivity index (χ0n) is 8.03. The molecule has 1 aliphatic heterocycles. The van der Waals surface area contributed by atoms with Crippen LogP contribution in [0.1, 0.15) is 6.92 Å². The first kappa shape index (κ1) is 15.2. The molecule has 0 aromatic rings. The first-order valence-corrected chi connectivity index (χ1v) is 4.18. The molecule has 1 nitrogen and oxygen atoms in total. The Bertz CT molecular complexity index is 320. The van der Waals surface area contributed by atoms with E-state index in [0.29, 0.717) is 5.57 Å². The van der Waals surface area contributed by atoms with Crippen LogP contribution in [0.5, 0.6) is 0 Å². The molecule has 6 heteroatoms. The van der Waals surface area contributed by atoms with E-state index in [2.05, 4.69) is 12.8 Å². The topological polar surface area (TPSA) is 3.24 Å². The van der Waals surface area contributed by atoms with Crippen LogP contribution in [0.3, 0.4) is 0 Å². The molecule has 15 heavy (non-hydrogen) atoms. The first-order valence-electron chi connectivity index (χ1n) is 3.80. The summed E-state index contributed by atoms with van der Waals surface area (Å²) in [5.74, 6) is 0. The van der Waals surface area contributed by atoms with E-state index in [-0.39, 0.29) is 43.4 Å². The molecule has 1 heterocycles. The van der Waals surface area contributed by atoms with Gasteiger partial charge >= 0.3 is 6.18 Å². The minimum absolute atomic E-state index is 0. The molecular formula is C9H8ClF3NY-. The number of alkyl halides is 3. The summed E-state index contributed by atoms with van der Waals surface area (Å²) in [7, 11) is 0. The molecule has 0 unspecified atom stereocenters. The predicted molar refractivity (Wildman–Crippen MR) is 48.3 cm³/mol. The summed E-state index contributed by atoms with van der Waals surface area (Å²) in [6.45, 7) is 3.95. The van der Waals surface area contributed by atoms with Gasteiger partial charge in [-0.1, -0.05) is 18.8 Å². The van der Waals surface area contributed by atoms with Crippen molar-refractivity contribution in [3.05, 3.63) is 35.2 Å². The molecule has 0 aromatic carbocycles. The Hall–Kier alpha value is 0.204. The van der Waals surface area contributed by atoms with Gasteiger partial charge in [-0.05, 0) is 5.03 Å². The standard InChI is InChI=1S/C9H8ClF3N.Y/c1-6-3-8(10)7(2)14(4-6)5-9(11,12)13;/h3H,2,5H2,1H3;/q-1;. The third-order valence-corrected chi connectivity index (χ3v) is 1.92. The molecular weight excluding hydrogens is 303 g/mol. The molecule has 0 aromatic heterocycles. The summed E-state index contributed by atoms with van der Waals surface area (Å²) < 4.78 is 36.2. The van der Waals surface area contributed by atoms with Gasteiger partial charge in [0.05, 0.1) is 6.54 Å². The van der Waals surface area contributed by atoms with Gasteiger partial charge in [-0.2, -0.15) is 13.2 Å². The molecule has 0 saturated carbocycles.